The number of halogens is 2. The Balaban J connectivity index is 2.93. The summed E-state index contributed by atoms with van der Waals surface area (Å²) < 4.78 is 3.10. The summed E-state index contributed by atoms with van der Waals surface area (Å²) in [7, 11) is 0. The van der Waals surface area contributed by atoms with Crippen LogP contribution in [0.4, 0.5) is 0 Å². The monoisotopic (exact) mass is 306 g/mol. The third-order valence-corrected chi connectivity index (χ3v) is 4.15. The van der Waals surface area contributed by atoms with Crippen LogP contribution in [-0.4, -0.2) is 5.11 Å². The summed E-state index contributed by atoms with van der Waals surface area (Å²) in [6, 6.07) is 5.68. The fourth-order valence-corrected chi connectivity index (χ4v) is 3.04. The first-order valence-electron chi connectivity index (χ1n) is 3.25. The number of rotatable bonds is 0. The molecule has 1 heterocycles. The van der Waals surface area contributed by atoms with Crippen molar-refractivity contribution < 1.29 is 5.11 Å². The molecule has 4 heteroatoms. The zero-order valence-electron chi connectivity index (χ0n) is 5.84. The van der Waals surface area contributed by atoms with Crippen LogP contribution < -0.4 is 0 Å². The lowest BCUT2D eigenvalue weighted by atomic mass is 10.3. The van der Waals surface area contributed by atoms with Crippen molar-refractivity contribution in [2.24, 2.45) is 0 Å². The smallest absolute Gasteiger partial charge is 0.172 e. The summed E-state index contributed by atoms with van der Waals surface area (Å²) in [4.78, 5) is 0. The minimum absolute atomic E-state index is 0.345. The predicted molar refractivity (Wildman–Crippen MR) is 58.9 cm³/mol. The number of hydrogen-bond donors (Lipinski definition) is 1. The van der Waals surface area contributed by atoms with E-state index in [1.807, 2.05) is 12.1 Å². The molecule has 0 bridgehead atoms. The van der Waals surface area contributed by atoms with Gasteiger partial charge in [0.1, 0.15) is 0 Å². The second-order valence-electron chi connectivity index (χ2n) is 2.36. The zero-order chi connectivity index (χ0) is 8.72. The van der Waals surface area contributed by atoms with E-state index in [0.29, 0.717) is 5.06 Å². The van der Waals surface area contributed by atoms with Crippen LogP contribution in [0.25, 0.3) is 10.1 Å². The molecule has 0 aliphatic rings. The summed E-state index contributed by atoms with van der Waals surface area (Å²) in [5, 5.41) is 10.7. The fraction of sp³-hybridized carbons (Fsp3) is 0. The lowest BCUT2D eigenvalue weighted by Gasteiger charge is -1.94. The molecule has 2 rings (SSSR count). The van der Waals surface area contributed by atoms with Gasteiger partial charge in [0, 0.05) is 20.4 Å². The Hall–Kier alpha value is -0.0600. The van der Waals surface area contributed by atoms with Crippen LogP contribution in [0.1, 0.15) is 0 Å². The van der Waals surface area contributed by atoms with Crippen molar-refractivity contribution in [3.8, 4) is 5.06 Å². The maximum absolute atomic E-state index is 9.28. The van der Waals surface area contributed by atoms with E-state index in [2.05, 4.69) is 31.9 Å². The second kappa shape index (κ2) is 3.01. The average molecular weight is 308 g/mol. The molecule has 1 nitrogen and oxygen atoms in total. The topological polar surface area (TPSA) is 20.2 Å². The fourth-order valence-electron chi connectivity index (χ4n) is 1.04. The summed E-state index contributed by atoms with van der Waals surface area (Å²) in [6.07, 6.45) is 0. The van der Waals surface area contributed by atoms with Gasteiger partial charge in [-0.1, -0.05) is 27.3 Å². The largest absolute Gasteiger partial charge is 0.499 e. The molecule has 0 spiro atoms. The highest BCUT2D eigenvalue weighted by Crippen LogP contribution is 2.39. The van der Waals surface area contributed by atoms with Gasteiger partial charge in [-0.3, -0.25) is 0 Å². The summed E-state index contributed by atoms with van der Waals surface area (Å²) in [5.41, 5.74) is 0. The standard InChI is InChI=1S/C8H4Br2OS/c9-5-1-2-6(10)8-4(5)3-7(11)12-8/h1-3,11H. The third-order valence-electron chi connectivity index (χ3n) is 1.57. The zero-order valence-corrected chi connectivity index (χ0v) is 9.83. The molecule has 0 amide bonds. The van der Waals surface area contributed by atoms with Gasteiger partial charge in [0.15, 0.2) is 5.06 Å². The molecule has 0 fully saturated rings. The van der Waals surface area contributed by atoms with Crippen LogP contribution in [0.5, 0.6) is 5.06 Å². The maximum atomic E-state index is 9.28. The van der Waals surface area contributed by atoms with Crippen molar-refractivity contribution in [2.45, 2.75) is 0 Å². The Morgan fingerprint density at radius 2 is 1.83 bits per heavy atom. The predicted octanol–water partition coefficient (Wildman–Crippen LogP) is 4.13. The van der Waals surface area contributed by atoms with E-state index in [1.165, 1.54) is 11.3 Å². The van der Waals surface area contributed by atoms with Crippen LogP contribution in [0.3, 0.4) is 0 Å². The summed E-state index contributed by atoms with van der Waals surface area (Å²) in [5.74, 6) is 0. The van der Waals surface area contributed by atoms with E-state index in [1.54, 1.807) is 6.07 Å². The molecule has 12 heavy (non-hydrogen) atoms. The van der Waals surface area contributed by atoms with Gasteiger partial charge in [0.25, 0.3) is 0 Å². The average Bonchev–Trinajstić information content (AvgIpc) is 2.41. The number of hydrogen-bond acceptors (Lipinski definition) is 2. The van der Waals surface area contributed by atoms with Crippen LogP contribution >= 0.6 is 43.2 Å². The van der Waals surface area contributed by atoms with Gasteiger partial charge in [0.2, 0.25) is 0 Å². The minimum atomic E-state index is 0.345. The Morgan fingerprint density at radius 1 is 1.17 bits per heavy atom. The van der Waals surface area contributed by atoms with E-state index in [4.69, 9.17) is 0 Å². The van der Waals surface area contributed by atoms with Crippen LogP contribution in [0, 0.1) is 0 Å². The molecule has 0 aliphatic carbocycles. The molecule has 0 radical (unpaired) electrons. The molecule has 0 aliphatic heterocycles. The lowest BCUT2D eigenvalue weighted by molar-refractivity contribution is 0.491. The van der Waals surface area contributed by atoms with Crippen molar-refractivity contribution >= 4 is 53.3 Å². The van der Waals surface area contributed by atoms with Crippen molar-refractivity contribution in [2.75, 3.05) is 0 Å². The van der Waals surface area contributed by atoms with E-state index >= 15 is 0 Å². The Morgan fingerprint density at radius 3 is 2.50 bits per heavy atom. The first kappa shape index (κ1) is 8.53. The van der Waals surface area contributed by atoms with Gasteiger partial charge < -0.3 is 5.11 Å². The van der Waals surface area contributed by atoms with Crippen molar-refractivity contribution in [1.82, 2.24) is 0 Å². The highest BCUT2D eigenvalue weighted by atomic mass is 79.9. The van der Waals surface area contributed by atoms with Crippen LogP contribution in [-0.2, 0) is 0 Å². The Bertz CT molecular complexity index is 397. The maximum Gasteiger partial charge on any atom is 0.172 e. The number of thiophene rings is 1. The van der Waals surface area contributed by atoms with Crippen molar-refractivity contribution in [1.29, 1.82) is 0 Å². The van der Waals surface area contributed by atoms with Gasteiger partial charge in [-0.25, -0.2) is 0 Å². The first-order chi connectivity index (χ1) is 5.68. The van der Waals surface area contributed by atoms with E-state index in [-0.39, 0.29) is 0 Å². The van der Waals surface area contributed by atoms with Gasteiger partial charge in [-0.15, -0.1) is 0 Å². The Kier molecular flexibility index (Phi) is 2.14. The molecular formula is C8H4Br2OS. The second-order valence-corrected chi connectivity index (χ2v) is 5.10. The number of fused-ring (bicyclic) bond motifs is 1. The summed E-state index contributed by atoms with van der Waals surface area (Å²) >= 11 is 8.21. The highest BCUT2D eigenvalue weighted by molar-refractivity contribution is 9.11. The molecule has 1 N–H and O–H groups in total. The first-order valence-corrected chi connectivity index (χ1v) is 5.65. The quantitative estimate of drug-likeness (QED) is 0.776. The molecular weight excluding hydrogens is 304 g/mol. The SMILES string of the molecule is Oc1cc2c(Br)ccc(Br)c2s1. The lowest BCUT2D eigenvalue weighted by Crippen LogP contribution is -1.67. The summed E-state index contributed by atoms with van der Waals surface area (Å²) in [6.45, 7) is 0. The van der Waals surface area contributed by atoms with Crippen molar-refractivity contribution in [3.05, 3.63) is 27.1 Å². The number of benzene rings is 1. The minimum Gasteiger partial charge on any atom is -0.499 e. The molecule has 0 saturated heterocycles. The van der Waals surface area contributed by atoms with Crippen LogP contribution in [0.15, 0.2) is 27.1 Å². The molecule has 0 saturated carbocycles. The molecule has 0 atom stereocenters. The number of aromatic hydroxyl groups is 1. The molecule has 1 aromatic heterocycles. The van der Waals surface area contributed by atoms with Gasteiger partial charge in [0.05, 0.1) is 4.70 Å². The highest BCUT2D eigenvalue weighted by Gasteiger charge is 2.06. The van der Waals surface area contributed by atoms with Gasteiger partial charge in [-0.2, -0.15) is 0 Å². The van der Waals surface area contributed by atoms with Crippen LogP contribution in [0.2, 0.25) is 0 Å². The third kappa shape index (κ3) is 1.28. The Labute approximate surface area is 90.3 Å². The van der Waals surface area contributed by atoms with E-state index in [0.717, 1.165) is 19.0 Å². The molecule has 1 aromatic carbocycles. The van der Waals surface area contributed by atoms with E-state index in [9.17, 15) is 5.11 Å². The molecule has 2 aromatic rings. The normalized spacial score (nSPS) is 10.8. The van der Waals surface area contributed by atoms with Gasteiger partial charge in [-0.05, 0) is 28.1 Å². The molecule has 0 unspecified atom stereocenters. The molecule has 62 valence electrons. The van der Waals surface area contributed by atoms with Gasteiger partial charge >= 0.3 is 0 Å². The van der Waals surface area contributed by atoms with E-state index < -0.39 is 0 Å². The van der Waals surface area contributed by atoms with Crippen molar-refractivity contribution in [3.63, 3.8) is 0 Å².